The van der Waals surface area contributed by atoms with E-state index in [0.717, 1.165) is 18.4 Å². The maximum Gasteiger partial charge on any atom is 0.126 e. The molecule has 1 aromatic rings. The number of hydrogen-bond acceptors (Lipinski definition) is 2. The number of halogens is 1. The second-order valence-electron chi connectivity index (χ2n) is 4.75. The van der Waals surface area contributed by atoms with Gasteiger partial charge in [0.05, 0.1) is 6.61 Å². The lowest BCUT2D eigenvalue weighted by molar-refractivity contribution is 0.175. The zero-order valence-corrected chi connectivity index (χ0v) is 9.76. The number of aryl methyl sites for hydroxylation is 1. The highest BCUT2D eigenvalue weighted by Crippen LogP contribution is 2.54. The van der Waals surface area contributed by atoms with Crippen LogP contribution < -0.4 is 5.32 Å². The maximum absolute atomic E-state index is 13.2. The molecule has 1 atom stereocenters. The SMILES string of the molecule is CNC(c1ccc(F)c(C)c1)C1(CO)CC1. The Kier molecular flexibility index (Phi) is 3.00. The van der Waals surface area contributed by atoms with Crippen molar-refractivity contribution in [1.82, 2.24) is 5.32 Å². The van der Waals surface area contributed by atoms with Crippen molar-refractivity contribution in [3.8, 4) is 0 Å². The Bertz CT molecular complexity index is 388. The van der Waals surface area contributed by atoms with Crippen LogP contribution in [-0.2, 0) is 0 Å². The molecule has 3 heteroatoms. The minimum absolute atomic E-state index is 0.0288. The van der Waals surface area contributed by atoms with E-state index in [1.165, 1.54) is 6.07 Å². The fraction of sp³-hybridized carbons (Fsp3) is 0.538. The van der Waals surface area contributed by atoms with Crippen LogP contribution in [0.15, 0.2) is 18.2 Å². The topological polar surface area (TPSA) is 32.3 Å². The average molecular weight is 223 g/mol. The number of hydrogen-bond donors (Lipinski definition) is 2. The van der Waals surface area contributed by atoms with Crippen molar-refractivity contribution in [3.05, 3.63) is 35.1 Å². The molecule has 2 nitrogen and oxygen atoms in total. The lowest BCUT2D eigenvalue weighted by atomic mass is 9.90. The van der Waals surface area contributed by atoms with Crippen molar-refractivity contribution in [3.63, 3.8) is 0 Å². The van der Waals surface area contributed by atoms with Gasteiger partial charge in [0.1, 0.15) is 5.82 Å². The van der Waals surface area contributed by atoms with E-state index in [-0.39, 0.29) is 23.9 Å². The van der Waals surface area contributed by atoms with E-state index in [9.17, 15) is 9.50 Å². The Morgan fingerprint density at radius 1 is 1.50 bits per heavy atom. The number of nitrogens with one attached hydrogen (secondary N) is 1. The molecule has 1 aromatic carbocycles. The Hall–Kier alpha value is -0.930. The molecule has 88 valence electrons. The Morgan fingerprint density at radius 3 is 2.62 bits per heavy atom. The summed E-state index contributed by atoms with van der Waals surface area (Å²) in [6.07, 6.45) is 2.07. The van der Waals surface area contributed by atoms with Gasteiger partial charge in [0.15, 0.2) is 0 Å². The van der Waals surface area contributed by atoms with Gasteiger partial charge in [-0.1, -0.05) is 12.1 Å². The first-order valence-electron chi connectivity index (χ1n) is 5.67. The van der Waals surface area contributed by atoms with Gasteiger partial charge in [0.25, 0.3) is 0 Å². The van der Waals surface area contributed by atoms with Crippen molar-refractivity contribution in [2.24, 2.45) is 5.41 Å². The first-order chi connectivity index (χ1) is 7.63. The number of rotatable bonds is 4. The minimum Gasteiger partial charge on any atom is -0.396 e. The average Bonchev–Trinajstić information content (AvgIpc) is 3.05. The largest absolute Gasteiger partial charge is 0.396 e. The summed E-state index contributed by atoms with van der Waals surface area (Å²) in [6.45, 7) is 1.96. The lowest BCUT2D eigenvalue weighted by Crippen LogP contribution is -2.29. The fourth-order valence-electron chi connectivity index (χ4n) is 2.37. The highest BCUT2D eigenvalue weighted by molar-refractivity contribution is 5.29. The fourth-order valence-corrected chi connectivity index (χ4v) is 2.37. The van der Waals surface area contributed by atoms with Crippen molar-refractivity contribution in [2.45, 2.75) is 25.8 Å². The third-order valence-electron chi connectivity index (χ3n) is 3.62. The van der Waals surface area contributed by atoms with Gasteiger partial charge in [-0.05, 0) is 44.0 Å². The van der Waals surface area contributed by atoms with Gasteiger partial charge in [-0.25, -0.2) is 4.39 Å². The standard InChI is InChI=1S/C13H18FNO/c1-9-7-10(3-4-11(9)14)12(15-2)13(8-16)5-6-13/h3-4,7,12,15-16H,5-6,8H2,1-2H3. The normalized spacial score (nSPS) is 19.5. The van der Waals surface area contributed by atoms with Gasteiger partial charge < -0.3 is 10.4 Å². The third-order valence-corrected chi connectivity index (χ3v) is 3.62. The second-order valence-corrected chi connectivity index (χ2v) is 4.75. The highest BCUT2D eigenvalue weighted by atomic mass is 19.1. The number of aliphatic hydroxyl groups is 1. The maximum atomic E-state index is 13.2. The molecule has 0 spiro atoms. The molecule has 0 amide bonds. The molecular weight excluding hydrogens is 205 g/mol. The molecule has 1 saturated carbocycles. The van der Waals surface area contributed by atoms with E-state index in [2.05, 4.69) is 5.32 Å². The van der Waals surface area contributed by atoms with Crippen molar-refractivity contribution in [2.75, 3.05) is 13.7 Å². The van der Waals surface area contributed by atoms with Gasteiger partial charge in [-0.3, -0.25) is 0 Å². The van der Waals surface area contributed by atoms with E-state index >= 15 is 0 Å². The Morgan fingerprint density at radius 2 is 2.19 bits per heavy atom. The summed E-state index contributed by atoms with van der Waals surface area (Å²) in [6, 6.07) is 5.30. The highest BCUT2D eigenvalue weighted by Gasteiger charge is 2.48. The number of benzene rings is 1. The molecule has 0 bridgehead atoms. The Labute approximate surface area is 95.5 Å². The Balaban J connectivity index is 2.30. The zero-order chi connectivity index (χ0) is 11.8. The molecule has 0 heterocycles. The lowest BCUT2D eigenvalue weighted by Gasteiger charge is -2.25. The molecular formula is C13H18FNO. The molecule has 2 rings (SSSR count). The van der Waals surface area contributed by atoms with E-state index in [1.54, 1.807) is 13.0 Å². The molecule has 16 heavy (non-hydrogen) atoms. The van der Waals surface area contributed by atoms with Crippen LogP contribution in [0.1, 0.15) is 30.0 Å². The molecule has 0 radical (unpaired) electrons. The van der Waals surface area contributed by atoms with Crippen LogP contribution >= 0.6 is 0 Å². The third kappa shape index (κ3) is 1.85. The van der Waals surface area contributed by atoms with E-state index in [1.807, 2.05) is 13.1 Å². The van der Waals surface area contributed by atoms with Crippen LogP contribution in [0.25, 0.3) is 0 Å². The summed E-state index contributed by atoms with van der Waals surface area (Å²) < 4.78 is 13.2. The first kappa shape index (κ1) is 11.6. The molecule has 2 N–H and O–H groups in total. The van der Waals surface area contributed by atoms with Crippen LogP contribution in [0.3, 0.4) is 0 Å². The van der Waals surface area contributed by atoms with Gasteiger partial charge in [-0.2, -0.15) is 0 Å². The summed E-state index contributed by atoms with van der Waals surface area (Å²) in [7, 11) is 1.89. The van der Waals surface area contributed by atoms with Crippen molar-refractivity contribution >= 4 is 0 Å². The predicted molar refractivity (Wildman–Crippen MR) is 61.7 cm³/mol. The van der Waals surface area contributed by atoms with E-state index in [4.69, 9.17) is 0 Å². The molecule has 1 unspecified atom stereocenters. The number of aliphatic hydroxyl groups excluding tert-OH is 1. The monoisotopic (exact) mass is 223 g/mol. The van der Waals surface area contributed by atoms with E-state index < -0.39 is 0 Å². The quantitative estimate of drug-likeness (QED) is 0.820. The van der Waals surface area contributed by atoms with Crippen LogP contribution in [-0.4, -0.2) is 18.8 Å². The van der Waals surface area contributed by atoms with Crippen LogP contribution in [0.2, 0.25) is 0 Å². The molecule has 1 fully saturated rings. The molecule has 0 aliphatic heterocycles. The summed E-state index contributed by atoms with van der Waals surface area (Å²) in [4.78, 5) is 0. The first-order valence-corrected chi connectivity index (χ1v) is 5.67. The van der Waals surface area contributed by atoms with E-state index in [0.29, 0.717) is 5.56 Å². The molecule has 0 saturated heterocycles. The molecule has 1 aliphatic rings. The summed E-state index contributed by atoms with van der Waals surface area (Å²) in [5.41, 5.74) is 1.69. The molecule has 0 aromatic heterocycles. The van der Waals surface area contributed by atoms with Gasteiger partial charge in [0, 0.05) is 11.5 Å². The summed E-state index contributed by atoms with van der Waals surface area (Å²) >= 11 is 0. The van der Waals surface area contributed by atoms with Crippen LogP contribution in [0, 0.1) is 18.2 Å². The van der Waals surface area contributed by atoms with Crippen LogP contribution in [0.5, 0.6) is 0 Å². The second kappa shape index (κ2) is 4.15. The minimum atomic E-state index is -0.174. The predicted octanol–water partition coefficient (Wildman–Crippen LogP) is 2.17. The van der Waals surface area contributed by atoms with Crippen molar-refractivity contribution < 1.29 is 9.50 Å². The summed E-state index contributed by atoms with van der Waals surface area (Å²) in [5.74, 6) is -0.174. The zero-order valence-electron chi connectivity index (χ0n) is 9.76. The smallest absolute Gasteiger partial charge is 0.126 e. The van der Waals surface area contributed by atoms with Gasteiger partial charge in [-0.15, -0.1) is 0 Å². The van der Waals surface area contributed by atoms with Crippen LogP contribution in [0.4, 0.5) is 4.39 Å². The van der Waals surface area contributed by atoms with Crippen molar-refractivity contribution in [1.29, 1.82) is 0 Å². The van der Waals surface area contributed by atoms with Gasteiger partial charge in [0.2, 0.25) is 0 Å². The van der Waals surface area contributed by atoms with Gasteiger partial charge >= 0.3 is 0 Å². The molecule has 1 aliphatic carbocycles. The summed E-state index contributed by atoms with van der Waals surface area (Å²) in [5, 5.41) is 12.7.